The third-order valence-corrected chi connectivity index (χ3v) is 9.03. The van der Waals surface area contributed by atoms with Crippen molar-refractivity contribution in [2.75, 3.05) is 5.32 Å². The second-order valence-electron chi connectivity index (χ2n) is 11.2. The monoisotopic (exact) mass is 602 g/mol. The van der Waals surface area contributed by atoms with Gasteiger partial charge in [0, 0.05) is 41.1 Å². The van der Waals surface area contributed by atoms with Crippen LogP contribution in [0.2, 0.25) is 0 Å². The Morgan fingerprint density at radius 3 is 2.50 bits per heavy atom. The summed E-state index contributed by atoms with van der Waals surface area (Å²) in [5.74, 6) is -0.317. The van der Waals surface area contributed by atoms with E-state index < -0.39 is 0 Å². The maximum absolute atomic E-state index is 14.2. The fourth-order valence-electron chi connectivity index (χ4n) is 6.07. The van der Waals surface area contributed by atoms with E-state index in [2.05, 4.69) is 16.4 Å². The van der Waals surface area contributed by atoms with E-state index in [-0.39, 0.29) is 23.6 Å². The first-order valence-corrected chi connectivity index (χ1v) is 15.2. The van der Waals surface area contributed by atoms with E-state index in [1.54, 1.807) is 16.2 Å². The molecule has 0 saturated heterocycles. The number of carbonyl (C=O) groups is 1. The van der Waals surface area contributed by atoms with Gasteiger partial charge < -0.3 is 14.9 Å². The number of thiazole rings is 1. The van der Waals surface area contributed by atoms with Gasteiger partial charge in [0.05, 0.1) is 21.1 Å². The smallest absolute Gasteiger partial charge is 0.283 e. The quantitative estimate of drug-likeness (QED) is 0.239. The number of H-pyrrole nitrogens is 1. The van der Waals surface area contributed by atoms with E-state index in [1.807, 2.05) is 80.7 Å². The van der Waals surface area contributed by atoms with Gasteiger partial charge in [-0.15, -0.1) is 0 Å². The van der Waals surface area contributed by atoms with Crippen LogP contribution >= 0.6 is 11.3 Å². The number of carbonyl (C=O) groups excluding carboxylic acids is 1. The van der Waals surface area contributed by atoms with E-state index in [4.69, 9.17) is 4.98 Å². The standard InChI is InChI=1S/C34H30N6O3S/c1-20-14-21(2)16-24(15-20)36-30(41)19-39-28-17-31(42)38(13-12-23-18-35-26-9-5-4-8-25(23)26)22(3)32(28)33(43)40(39)34-37-27-10-6-7-11-29(27)44-34/h4-11,14-18,35H,12-13,19H2,1-3H3,(H,36,41). The molecule has 0 atom stereocenters. The number of aromatic nitrogens is 5. The van der Waals surface area contributed by atoms with Crippen LogP contribution in [-0.4, -0.2) is 29.8 Å². The summed E-state index contributed by atoms with van der Waals surface area (Å²) >= 11 is 1.36. The highest BCUT2D eigenvalue weighted by Crippen LogP contribution is 2.26. The molecule has 0 spiro atoms. The Balaban J connectivity index is 1.33. The molecule has 4 aromatic heterocycles. The summed E-state index contributed by atoms with van der Waals surface area (Å²) < 4.78 is 5.58. The maximum atomic E-state index is 14.2. The zero-order valence-electron chi connectivity index (χ0n) is 24.5. The van der Waals surface area contributed by atoms with E-state index in [1.165, 1.54) is 22.1 Å². The van der Waals surface area contributed by atoms with Gasteiger partial charge in [0.25, 0.3) is 11.1 Å². The molecule has 10 heteroatoms. The van der Waals surface area contributed by atoms with Crippen molar-refractivity contribution in [3.8, 4) is 5.13 Å². The Hall–Kier alpha value is -5.22. The Labute approximate surface area is 256 Å². The molecule has 0 fully saturated rings. The minimum absolute atomic E-state index is 0.181. The first-order chi connectivity index (χ1) is 21.3. The number of anilines is 1. The van der Waals surface area contributed by atoms with Crippen molar-refractivity contribution in [2.45, 2.75) is 40.3 Å². The molecule has 3 aromatic carbocycles. The molecule has 0 bridgehead atoms. The molecule has 220 valence electrons. The van der Waals surface area contributed by atoms with Crippen LogP contribution in [0, 0.1) is 20.8 Å². The summed E-state index contributed by atoms with van der Waals surface area (Å²) in [4.78, 5) is 49.3. The highest BCUT2D eigenvalue weighted by molar-refractivity contribution is 7.20. The van der Waals surface area contributed by atoms with E-state index in [0.29, 0.717) is 40.4 Å². The fraction of sp³-hybridized carbons (Fsp3) is 0.176. The predicted molar refractivity (Wildman–Crippen MR) is 176 cm³/mol. The SMILES string of the molecule is Cc1cc(C)cc(NC(=O)Cn2c3cc(=O)n(CCc4c[nH]c5ccccc45)c(C)c3c(=O)n2-c2nc3ccccc3s2)c1. The lowest BCUT2D eigenvalue weighted by Gasteiger charge is -2.13. The van der Waals surface area contributed by atoms with Crippen LogP contribution in [0.15, 0.2) is 88.6 Å². The number of aryl methyl sites for hydroxylation is 4. The lowest BCUT2D eigenvalue weighted by Crippen LogP contribution is -2.27. The zero-order valence-corrected chi connectivity index (χ0v) is 25.4. The van der Waals surface area contributed by atoms with E-state index in [0.717, 1.165) is 37.8 Å². The molecular formula is C34H30N6O3S. The van der Waals surface area contributed by atoms with Gasteiger partial charge in [-0.2, -0.15) is 4.68 Å². The van der Waals surface area contributed by atoms with Crippen LogP contribution in [0.5, 0.6) is 0 Å². The number of rotatable bonds is 7. The van der Waals surface area contributed by atoms with Crippen molar-refractivity contribution in [3.63, 3.8) is 0 Å². The number of nitrogens with zero attached hydrogens (tertiary/aromatic N) is 4. The second kappa shape index (κ2) is 10.8. The number of aromatic amines is 1. The van der Waals surface area contributed by atoms with Gasteiger partial charge in [0.1, 0.15) is 6.54 Å². The number of nitrogens with one attached hydrogen (secondary N) is 2. The highest BCUT2D eigenvalue weighted by Gasteiger charge is 2.23. The summed E-state index contributed by atoms with van der Waals surface area (Å²) in [5.41, 5.74) is 6.02. The van der Waals surface area contributed by atoms with Gasteiger partial charge in [-0.3, -0.25) is 19.1 Å². The van der Waals surface area contributed by atoms with Crippen molar-refractivity contribution < 1.29 is 4.79 Å². The van der Waals surface area contributed by atoms with Gasteiger partial charge >= 0.3 is 0 Å². The molecule has 44 heavy (non-hydrogen) atoms. The summed E-state index contributed by atoms with van der Waals surface area (Å²) in [6, 6.07) is 23.0. The second-order valence-corrected chi connectivity index (χ2v) is 12.2. The number of para-hydroxylation sites is 2. The van der Waals surface area contributed by atoms with Crippen molar-refractivity contribution in [1.29, 1.82) is 0 Å². The minimum Gasteiger partial charge on any atom is -0.361 e. The summed E-state index contributed by atoms with van der Waals surface area (Å²) in [6.07, 6.45) is 2.58. The molecule has 0 saturated carbocycles. The molecule has 0 radical (unpaired) electrons. The zero-order chi connectivity index (χ0) is 30.5. The third kappa shape index (κ3) is 4.83. The number of benzene rings is 3. The van der Waals surface area contributed by atoms with Crippen molar-refractivity contribution >= 4 is 55.0 Å². The molecule has 1 amide bonds. The Kier molecular flexibility index (Phi) is 6.78. The molecule has 0 aliphatic rings. The van der Waals surface area contributed by atoms with Crippen molar-refractivity contribution in [3.05, 3.63) is 122 Å². The minimum atomic E-state index is -0.323. The number of fused-ring (bicyclic) bond motifs is 3. The molecule has 4 heterocycles. The molecule has 0 aliphatic carbocycles. The molecule has 7 rings (SSSR count). The van der Waals surface area contributed by atoms with Crippen LogP contribution in [0.4, 0.5) is 5.69 Å². The van der Waals surface area contributed by atoms with Crippen LogP contribution < -0.4 is 16.4 Å². The number of hydrogen-bond donors (Lipinski definition) is 2. The molecule has 2 N–H and O–H groups in total. The third-order valence-electron chi connectivity index (χ3n) is 8.02. The summed E-state index contributed by atoms with van der Waals surface area (Å²) in [5, 5.41) is 4.90. The van der Waals surface area contributed by atoms with Gasteiger partial charge in [-0.05, 0) is 74.2 Å². The van der Waals surface area contributed by atoms with Crippen LogP contribution in [0.1, 0.15) is 22.4 Å². The van der Waals surface area contributed by atoms with Crippen molar-refractivity contribution in [1.82, 2.24) is 23.9 Å². The van der Waals surface area contributed by atoms with E-state index in [9.17, 15) is 14.4 Å². The van der Waals surface area contributed by atoms with Crippen LogP contribution in [0.3, 0.4) is 0 Å². The maximum Gasteiger partial charge on any atom is 0.283 e. The molecule has 0 aliphatic heterocycles. The molecular weight excluding hydrogens is 572 g/mol. The number of pyridine rings is 1. The van der Waals surface area contributed by atoms with Gasteiger partial charge in [-0.1, -0.05) is 47.7 Å². The van der Waals surface area contributed by atoms with Gasteiger partial charge in [-0.25, -0.2) is 4.98 Å². The normalized spacial score (nSPS) is 11.6. The highest BCUT2D eigenvalue weighted by atomic mass is 32.1. The predicted octanol–water partition coefficient (Wildman–Crippen LogP) is 5.85. The number of amides is 1. The number of hydrogen-bond acceptors (Lipinski definition) is 5. The average molecular weight is 603 g/mol. The molecule has 9 nitrogen and oxygen atoms in total. The van der Waals surface area contributed by atoms with Crippen molar-refractivity contribution in [2.24, 2.45) is 0 Å². The topological polar surface area (TPSA) is 107 Å². The van der Waals surface area contributed by atoms with Gasteiger partial charge in [0.2, 0.25) is 11.0 Å². The van der Waals surface area contributed by atoms with Crippen LogP contribution in [-0.2, 0) is 24.3 Å². The summed E-state index contributed by atoms with van der Waals surface area (Å²) in [6.45, 7) is 5.96. The average Bonchev–Trinajstić information content (AvgIpc) is 3.66. The summed E-state index contributed by atoms with van der Waals surface area (Å²) in [7, 11) is 0. The molecule has 0 unspecified atom stereocenters. The van der Waals surface area contributed by atoms with Crippen LogP contribution in [0.25, 0.3) is 37.2 Å². The Morgan fingerprint density at radius 1 is 0.955 bits per heavy atom. The fourth-order valence-corrected chi connectivity index (χ4v) is 7.05. The van der Waals surface area contributed by atoms with E-state index >= 15 is 0 Å². The Bertz CT molecular complexity index is 2300. The lowest BCUT2D eigenvalue weighted by atomic mass is 10.1. The Morgan fingerprint density at radius 2 is 1.70 bits per heavy atom. The first kappa shape index (κ1) is 27.6. The lowest BCUT2D eigenvalue weighted by molar-refractivity contribution is -0.116. The first-order valence-electron chi connectivity index (χ1n) is 14.4. The van der Waals surface area contributed by atoms with Gasteiger partial charge in [0.15, 0.2) is 0 Å². The molecule has 7 aromatic rings. The largest absolute Gasteiger partial charge is 0.361 e.